The van der Waals surface area contributed by atoms with E-state index in [2.05, 4.69) is 15.0 Å². The maximum Gasteiger partial charge on any atom is 0.337 e. The van der Waals surface area contributed by atoms with Crippen LogP contribution in [0.4, 0.5) is 0 Å². The van der Waals surface area contributed by atoms with Gasteiger partial charge in [0.15, 0.2) is 0 Å². The van der Waals surface area contributed by atoms with Gasteiger partial charge in [0.2, 0.25) is 5.91 Å². The molecule has 3 heterocycles. The molecule has 0 aromatic carbocycles. The van der Waals surface area contributed by atoms with Gasteiger partial charge in [0, 0.05) is 43.7 Å². The summed E-state index contributed by atoms with van der Waals surface area (Å²) in [6, 6.07) is 3.43. The number of piperidine rings is 1. The number of hydrogen-bond donors (Lipinski definition) is 1. The molecule has 2 aromatic rings. The van der Waals surface area contributed by atoms with Crippen molar-refractivity contribution in [3.05, 3.63) is 42.1 Å². The fraction of sp³-hybridized carbons (Fsp3) is 0.389. The average molecular weight is 340 g/mol. The normalized spacial score (nSPS) is 17.3. The van der Waals surface area contributed by atoms with Gasteiger partial charge in [0.05, 0.1) is 11.3 Å². The minimum Gasteiger partial charge on any atom is -0.478 e. The van der Waals surface area contributed by atoms with E-state index in [4.69, 9.17) is 5.11 Å². The van der Waals surface area contributed by atoms with Gasteiger partial charge in [-0.3, -0.25) is 9.78 Å². The Hall–Kier alpha value is -2.83. The standard InChI is InChI=1S/C18H20N4O3/c1-12(23)22-4-2-3-13(10-22)5-16-7-17(21-11-20-16)14-6-15(18(24)25)9-19-8-14/h6-9,11,13H,2-5,10H2,1H3,(H,24,25). The maximum atomic E-state index is 11.6. The number of carboxylic acid groups (broad SMARTS) is 1. The van der Waals surface area contributed by atoms with Crippen molar-refractivity contribution in [3.8, 4) is 11.3 Å². The van der Waals surface area contributed by atoms with Crippen molar-refractivity contribution in [3.63, 3.8) is 0 Å². The number of likely N-dealkylation sites (tertiary alicyclic amines) is 1. The Balaban J connectivity index is 1.77. The van der Waals surface area contributed by atoms with Gasteiger partial charge in [-0.05, 0) is 37.3 Å². The monoisotopic (exact) mass is 340 g/mol. The van der Waals surface area contributed by atoms with E-state index in [1.54, 1.807) is 19.2 Å². The van der Waals surface area contributed by atoms with Gasteiger partial charge >= 0.3 is 5.97 Å². The van der Waals surface area contributed by atoms with E-state index >= 15 is 0 Å². The van der Waals surface area contributed by atoms with Gasteiger partial charge in [-0.15, -0.1) is 0 Å². The first-order valence-electron chi connectivity index (χ1n) is 8.28. The topological polar surface area (TPSA) is 96.3 Å². The summed E-state index contributed by atoms with van der Waals surface area (Å²) < 4.78 is 0. The van der Waals surface area contributed by atoms with E-state index < -0.39 is 5.97 Å². The van der Waals surface area contributed by atoms with Crippen molar-refractivity contribution in [1.29, 1.82) is 0 Å². The fourth-order valence-electron chi connectivity index (χ4n) is 3.18. The molecule has 1 atom stereocenters. The predicted molar refractivity (Wildman–Crippen MR) is 90.9 cm³/mol. The number of pyridine rings is 1. The van der Waals surface area contributed by atoms with E-state index in [0.29, 0.717) is 17.2 Å². The molecule has 0 radical (unpaired) electrons. The zero-order valence-electron chi connectivity index (χ0n) is 14.1. The summed E-state index contributed by atoms with van der Waals surface area (Å²) in [4.78, 5) is 37.1. The fourth-order valence-corrected chi connectivity index (χ4v) is 3.18. The Kier molecular flexibility index (Phi) is 5.02. The molecule has 0 aliphatic carbocycles. The molecule has 1 fully saturated rings. The number of aromatic nitrogens is 3. The van der Waals surface area contributed by atoms with E-state index in [1.807, 2.05) is 11.0 Å². The minimum absolute atomic E-state index is 0.115. The highest BCUT2D eigenvalue weighted by atomic mass is 16.4. The third-order valence-electron chi connectivity index (χ3n) is 4.47. The number of aromatic carboxylic acids is 1. The zero-order valence-corrected chi connectivity index (χ0v) is 14.1. The summed E-state index contributed by atoms with van der Waals surface area (Å²) in [7, 11) is 0. The minimum atomic E-state index is -1.02. The van der Waals surface area contributed by atoms with Crippen LogP contribution >= 0.6 is 0 Å². The molecule has 3 rings (SSSR count). The lowest BCUT2D eigenvalue weighted by Crippen LogP contribution is -2.39. The van der Waals surface area contributed by atoms with Crippen LogP contribution in [0.2, 0.25) is 0 Å². The van der Waals surface area contributed by atoms with Crippen LogP contribution in [0.3, 0.4) is 0 Å². The van der Waals surface area contributed by atoms with Crippen molar-refractivity contribution in [2.45, 2.75) is 26.2 Å². The van der Waals surface area contributed by atoms with Crippen LogP contribution in [0.1, 0.15) is 35.8 Å². The summed E-state index contributed by atoms with van der Waals surface area (Å²) in [5.41, 5.74) is 2.32. The van der Waals surface area contributed by atoms with Crippen LogP contribution in [-0.2, 0) is 11.2 Å². The lowest BCUT2D eigenvalue weighted by atomic mass is 9.93. The maximum absolute atomic E-state index is 11.6. The van der Waals surface area contributed by atoms with Crippen LogP contribution in [0.15, 0.2) is 30.9 Å². The Labute approximate surface area is 145 Å². The van der Waals surface area contributed by atoms with Crippen LogP contribution in [0, 0.1) is 5.92 Å². The quantitative estimate of drug-likeness (QED) is 0.915. The highest BCUT2D eigenvalue weighted by Gasteiger charge is 2.22. The van der Waals surface area contributed by atoms with Crippen molar-refractivity contribution in [2.24, 2.45) is 5.92 Å². The number of carboxylic acids is 1. The third kappa shape index (κ3) is 4.17. The van der Waals surface area contributed by atoms with Crippen LogP contribution in [-0.4, -0.2) is 49.9 Å². The molecule has 0 spiro atoms. The summed E-state index contributed by atoms with van der Waals surface area (Å²) in [5, 5.41) is 9.09. The Morgan fingerprint density at radius 1 is 1.28 bits per heavy atom. The Morgan fingerprint density at radius 3 is 2.88 bits per heavy atom. The van der Waals surface area contributed by atoms with E-state index in [1.165, 1.54) is 12.5 Å². The zero-order chi connectivity index (χ0) is 17.8. The van der Waals surface area contributed by atoms with E-state index in [9.17, 15) is 9.59 Å². The second-order valence-corrected chi connectivity index (χ2v) is 6.34. The molecule has 7 nitrogen and oxygen atoms in total. The molecule has 130 valence electrons. The number of hydrogen-bond acceptors (Lipinski definition) is 5. The van der Waals surface area contributed by atoms with Crippen molar-refractivity contribution in [1.82, 2.24) is 19.9 Å². The van der Waals surface area contributed by atoms with Gasteiger partial charge in [0.1, 0.15) is 6.33 Å². The van der Waals surface area contributed by atoms with Crippen molar-refractivity contribution >= 4 is 11.9 Å². The highest BCUT2D eigenvalue weighted by Crippen LogP contribution is 2.22. The van der Waals surface area contributed by atoms with Crippen molar-refractivity contribution < 1.29 is 14.7 Å². The molecule has 0 bridgehead atoms. The number of carbonyl (C=O) groups excluding carboxylic acids is 1. The Bertz CT molecular complexity index is 793. The average Bonchev–Trinajstić information content (AvgIpc) is 2.62. The van der Waals surface area contributed by atoms with Crippen molar-refractivity contribution in [2.75, 3.05) is 13.1 Å². The molecule has 1 aliphatic heterocycles. The first kappa shape index (κ1) is 17.0. The van der Waals surface area contributed by atoms with Crippen LogP contribution in [0.5, 0.6) is 0 Å². The molecule has 0 saturated carbocycles. The molecule has 1 aliphatic rings. The highest BCUT2D eigenvalue weighted by molar-refractivity contribution is 5.88. The van der Waals surface area contributed by atoms with Gasteiger partial charge in [-0.1, -0.05) is 0 Å². The number of amides is 1. The first-order valence-corrected chi connectivity index (χ1v) is 8.28. The van der Waals surface area contributed by atoms with Crippen LogP contribution < -0.4 is 0 Å². The summed E-state index contributed by atoms with van der Waals surface area (Å²) in [6.07, 6.45) is 7.24. The van der Waals surface area contributed by atoms with Gasteiger partial charge < -0.3 is 10.0 Å². The molecule has 2 aromatic heterocycles. The lowest BCUT2D eigenvalue weighted by molar-refractivity contribution is -0.130. The molecule has 1 unspecified atom stereocenters. The number of nitrogens with zero attached hydrogens (tertiary/aromatic N) is 4. The Morgan fingerprint density at radius 2 is 2.12 bits per heavy atom. The summed E-state index contributed by atoms with van der Waals surface area (Å²) in [6.45, 7) is 3.19. The van der Waals surface area contributed by atoms with Gasteiger partial charge in [-0.25, -0.2) is 14.8 Å². The largest absolute Gasteiger partial charge is 0.478 e. The molecular weight excluding hydrogens is 320 g/mol. The van der Waals surface area contributed by atoms with E-state index in [-0.39, 0.29) is 11.5 Å². The molecular formula is C18H20N4O3. The second-order valence-electron chi connectivity index (χ2n) is 6.34. The molecule has 1 saturated heterocycles. The molecule has 1 N–H and O–H groups in total. The van der Waals surface area contributed by atoms with Gasteiger partial charge in [0.25, 0.3) is 0 Å². The number of carbonyl (C=O) groups is 2. The molecule has 7 heteroatoms. The SMILES string of the molecule is CC(=O)N1CCCC(Cc2cc(-c3cncc(C(=O)O)c3)ncn2)C1. The predicted octanol–water partition coefficient (Wildman–Crippen LogP) is 2.04. The third-order valence-corrected chi connectivity index (χ3v) is 4.47. The van der Waals surface area contributed by atoms with Gasteiger partial charge in [-0.2, -0.15) is 0 Å². The summed E-state index contributed by atoms with van der Waals surface area (Å²) in [5.74, 6) is -0.524. The second kappa shape index (κ2) is 7.38. The molecule has 1 amide bonds. The first-order chi connectivity index (χ1) is 12.0. The van der Waals surface area contributed by atoms with E-state index in [0.717, 1.165) is 38.0 Å². The lowest BCUT2D eigenvalue weighted by Gasteiger charge is -2.31. The molecule has 25 heavy (non-hydrogen) atoms. The smallest absolute Gasteiger partial charge is 0.337 e. The summed E-state index contributed by atoms with van der Waals surface area (Å²) >= 11 is 0. The number of rotatable bonds is 4. The van der Waals surface area contributed by atoms with Crippen LogP contribution in [0.25, 0.3) is 11.3 Å².